The molecule has 0 amide bonds. The van der Waals surface area contributed by atoms with Crippen LogP contribution >= 0.6 is 0 Å². The van der Waals surface area contributed by atoms with Crippen LogP contribution in [0.4, 0.5) is 0 Å². The summed E-state index contributed by atoms with van der Waals surface area (Å²) in [5, 5.41) is 44.3. The third-order valence-corrected chi connectivity index (χ3v) is 0.549. The van der Waals surface area contributed by atoms with Crippen molar-refractivity contribution in [2.75, 3.05) is 0 Å². The molecule has 0 aliphatic carbocycles. The van der Waals surface area contributed by atoms with E-state index in [2.05, 4.69) is 0 Å². The van der Waals surface area contributed by atoms with Crippen molar-refractivity contribution in [2.24, 2.45) is 0 Å². The molecule has 0 radical (unpaired) electrons. The first-order chi connectivity index (χ1) is 9.93. The summed E-state index contributed by atoms with van der Waals surface area (Å²) in [5.41, 5.74) is 0. The molecule has 0 heterocycles. The summed E-state index contributed by atoms with van der Waals surface area (Å²) in [6, 6.07) is 0. The van der Waals surface area contributed by atoms with E-state index in [-0.39, 0.29) is 59.1 Å². The first kappa shape index (κ1) is 39.1. The predicted molar refractivity (Wildman–Crippen MR) is 47.2 cm³/mol. The molecular formula is C6H6MnNa2O16. The van der Waals surface area contributed by atoms with E-state index in [1.165, 1.54) is 0 Å². The summed E-state index contributed by atoms with van der Waals surface area (Å²) in [4.78, 5) is 54.6. The van der Waals surface area contributed by atoms with Crippen molar-refractivity contribution in [3.05, 3.63) is 0 Å². The van der Waals surface area contributed by atoms with Crippen LogP contribution in [0.15, 0.2) is 0 Å². The number of hydrogen-bond acceptors (Lipinski definition) is 10. The molecule has 19 heteroatoms. The van der Waals surface area contributed by atoms with Gasteiger partial charge in [0.05, 0.1) is 0 Å². The Morgan fingerprint density at radius 1 is 0.480 bits per heavy atom. The molecule has 0 aromatic carbocycles. The maximum atomic E-state index is 9.10. The number of carboxylic acid groups (broad SMARTS) is 6. The minimum atomic E-state index is -5.62. The molecule has 0 atom stereocenters. The van der Waals surface area contributed by atoms with Gasteiger partial charge in [-0.05, 0) is 0 Å². The molecule has 0 aromatic heterocycles. The van der Waals surface area contributed by atoms with Gasteiger partial charge in [-0.2, -0.15) is 0 Å². The molecule has 16 nitrogen and oxygen atoms in total. The number of rotatable bonds is 0. The molecule has 0 aliphatic heterocycles. The fraction of sp³-hybridized carbons (Fsp3) is 0. The van der Waals surface area contributed by atoms with Crippen LogP contribution in [0.5, 0.6) is 0 Å². The fourth-order valence-corrected chi connectivity index (χ4v) is 0. The number of carboxylic acids is 6. The molecule has 0 unspecified atom stereocenters. The van der Waals surface area contributed by atoms with E-state index in [4.69, 9.17) is 75.5 Å². The van der Waals surface area contributed by atoms with E-state index in [9.17, 15) is 0 Å². The number of carbonyl (C=O) groups is 6. The van der Waals surface area contributed by atoms with Crippen molar-refractivity contribution >= 4 is 35.8 Å². The minimum absolute atomic E-state index is 0. The van der Waals surface area contributed by atoms with Gasteiger partial charge in [0.2, 0.25) is 0 Å². The maximum absolute atomic E-state index is 9.10. The monoisotopic (exact) mass is 435 g/mol. The average Bonchev–Trinajstić information content (AvgIpc) is 2.27. The molecular weight excluding hydrogens is 429 g/mol. The summed E-state index contributed by atoms with van der Waals surface area (Å²) in [6.45, 7) is 0. The van der Waals surface area contributed by atoms with E-state index in [1.54, 1.807) is 0 Å². The third kappa shape index (κ3) is 84.3. The van der Waals surface area contributed by atoms with Gasteiger partial charge in [-0.1, -0.05) is 0 Å². The van der Waals surface area contributed by atoms with Crippen LogP contribution in [0, 0.1) is 0 Å². The van der Waals surface area contributed by atoms with Gasteiger partial charge in [-0.15, -0.1) is 0 Å². The Morgan fingerprint density at radius 2 is 0.520 bits per heavy atom. The standard InChI is InChI=1S/3C2H2O4.Mn.2Na.4O/c3*3-1(4)2(5)6;;;;;;;/h3*(H,3,4)(H,5,6);;;;;;;/q;;;;2*+1;;;2*-1. The normalized spacial score (nSPS) is 7.60. The number of hydrogen-bond donors (Lipinski definition) is 6. The molecule has 0 bridgehead atoms. The SMILES string of the molecule is O=C(O)C(=O)O.O=C(O)C(=O)O.O=C(O)C(=O)O.[Na+].[Na+].[O]=[Mn](=[O])([O-])[O-]. The van der Waals surface area contributed by atoms with Crippen LogP contribution in [0.1, 0.15) is 0 Å². The molecule has 6 N–H and O–H groups in total. The number of aliphatic carboxylic acids is 6. The molecule has 25 heavy (non-hydrogen) atoms. The van der Waals surface area contributed by atoms with Gasteiger partial charge in [0, 0.05) is 0 Å². The van der Waals surface area contributed by atoms with Crippen LogP contribution in [0.3, 0.4) is 0 Å². The second kappa shape index (κ2) is 20.9. The van der Waals surface area contributed by atoms with Crippen molar-refractivity contribution in [3.8, 4) is 0 Å². The van der Waals surface area contributed by atoms with Gasteiger partial charge in [0.1, 0.15) is 0 Å². The zero-order valence-corrected chi connectivity index (χ0v) is 17.3. The van der Waals surface area contributed by atoms with E-state index in [0.29, 0.717) is 0 Å². The summed E-state index contributed by atoms with van der Waals surface area (Å²) in [6.07, 6.45) is 0. The summed E-state index contributed by atoms with van der Waals surface area (Å²) >= 11 is -5.62. The van der Waals surface area contributed by atoms with E-state index in [0.717, 1.165) is 0 Å². The molecule has 0 fully saturated rings. The summed E-state index contributed by atoms with van der Waals surface area (Å²) in [5.74, 6) is -10.9. The quantitative estimate of drug-likeness (QED) is 0.152. The van der Waals surface area contributed by atoms with Crippen molar-refractivity contribution in [1.82, 2.24) is 0 Å². The topological polar surface area (TPSA) is 304 Å². The first-order valence-corrected chi connectivity index (χ1v) is 5.86. The summed E-state index contributed by atoms with van der Waals surface area (Å²) in [7, 11) is 0. The zero-order chi connectivity index (χ0) is 20.0. The van der Waals surface area contributed by atoms with Crippen LogP contribution in [0.2, 0.25) is 0 Å². The van der Waals surface area contributed by atoms with Gasteiger partial charge in [0.25, 0.3) is 0 Å². The third-order valence-electron chi connectivity index (χ3n) is 0.549. The Hall–Kier alpha value is -1.14. The van der Waals surface area contributed by atoms with Gasteiger partial charge >= 0.3 is 124 Å². The molecule has 0 spiro atoms. The van der Waals surface area contributed by atoms with Crippen LogP contribution in [0.25, 0.3) is 0 Å². The van der Waals surface area contributed by atoms with E-state index < -0.39 is 49.2 Å². The van der Waals surface area contributed by atoms with Crippen molar-refractivity contribution in [2.45, 2.75) is 0 Å². The molecule has 0 aromatic rings. The Labute approximate surface area is 182 Å². The van der Waals surface area contributed by atoms with Gasteiger partial charge in [-0.25, -0.2) is 28.8 Å². The van der Waals surface area contributed by atoms with Crippen molar-refractivity contribution in [1.29, 1.82) is 0 Å². The van der Waals surface area contributed by atoms with Crippen LogP contribution in [-0.4, -0.2) is 66.5 Å². The van der Waals surface area contributed by atoms with Crippen LogP contribution < -0.4 is 67.5 Å². The molecule has 0 aliphatic rings. The Bertz CT molecular complexity index is 462. The van der Waals surface area contributed by atoms with Crippen molar-refractivity contribution in [3.63, 3.8) is 0 Å². The molecule has 0 saturated heterocycles. The fourth-order valence-electron chi connectivity index (χ4n) is 0. The average molecular weight is 435 g/mol. The Kier molecular flexibility index (Phi) is 32.7. The molecule has 0 saturated carbocycles. The predicted octanol–water partition coefficient (Wildman–Crippen LogP) is -11.1. The molecule has 0 rings (SSSR count). The van der Waals surface area contributed by atoms with Crippen LogP contribution in [-0.2, 0) is 49.8 Å². The van der Waals surface area contributed by atoms with Gasteiger partial charge in [-0.3, -0.25) is 0 Å². The summed E-state index contributed by atoms with van der Waals surface area (Å²) < 4.78 is 34.3. The second-order valence-corrected chi connectivity index (χ2v) is 3.39. The first-order valence-electron chi connectivity index (χ1n) is 3.93. The molecule has 135 valence electrons. The van der Waals surface area contributed by atoms with Crippen molar-refractivity contribution < 1.29 is 148 Å². The van der Waals surface area contributed by atoms with Gasteiger partial charge < -0.3 is 30.6 Å². The van der Waals surface area contributed by atoms with E-state index in [1.807, 2.05) is 0 Å². The van der Waals surface area contributed by atoms with Gasteiger partial charge in [0.15, 0.2) is 0 Å². The zero-order valence-electron chi connectivity index (χ0n) is 12.1. The second-order valence-electron chi connectivity index (χ2n) is 2.21. The Balaban J connectivity index is -0.0000000470. The van der Waals surface area contributed by atoms with E-state index >= 15 is 0 Å². The Morgan fingerprint density at radius 3 is 0.520 bits per heavy atom.